The van der Waals surface area contributed by atoms with Crippen LogP contribution in [0.5, 0.6) is 0 Å². The highest BCUT2D eigenvalue weighted by molar-refractivity contribution is 7.12. The summed E-state index contributed by atoms with van der Waals surface area (Å²) in [6.45, 7) is 4.29. The van der Waals surface area contributed by atoms with Crippen molar-refractivity contribution >= 4 is 23.1 Å². The van der Waals surface area contributed by atoms with Crippen LogP contribution in [0.25, 0.3) is 0 Å². The fourth-order valence-corrected chi connectivity index (χ4v) is 3.07. The van der Waals surface area contributed by atoms with Gasteiger partial charge in [0.15, 0.2) is 5.82 Å². The van der Waals surface area contributed by atoms with Gasteiger partial charge in [-0.05, 0) is 19.4 Å². The van der Waals surface area contributed by atoms with Gasteiger partial charge in [-0.3, -0.25) is 4.79 Å². The number of hydrogen-bond acceptors (Lipinski definition) is 6. The average Bonchev–Trinajstić information content (AvgIpc) is 3.15. The van der Waals surface area contributed by atoms with Crippen molar-refractivity contribution < 1.29 is 4.79 Å². The van der Waals surface area contributed by atoms with Crippen LogP contribution in [-0.4, -0.2) is 25.9 Å². The predicted molar refractivity (Wildman–Crippen MR) is 93.0 cm³/mol. The normalized spacial score (nSPS) is 12.1. The highest BCUT2D eigenvalue weighted by atomic mass is 32.1. The van der Waals surface area contributed by atoms with Crippen LogP contribution in [0.2, 0.25) is 0 Å². The van der Waals surface area contributed by atoms with Crippen LogP contribution in [0.4, 0.5) is 5.82 Å². The molecule has 0 saturated heterocycles. The molecule has 2 heterocycles. The molecule has 0 aliphatic rings. The number of aryl methyl sites for hydroxylation is 1. The van der Waals surface area contributed by atoms with Crippen LogP contribution >= 0.6 is 11.3 Å². The van der Waals surface area contributed by atoms with E-state index >= 15 is 0 Å². The second kappa shape index (κ2) is 6.90. The van der Waals surface area contributed by atoms with Gasteiger partial charge in [-0.15, -0.1) is 16.4 Å². The lowest BCUT2D eigenvalue weighted by atomic mass is 10.2. The van der Waals surface area contributed by atoms with E-state index in [1.165, 1.54) is 11.3 Å². The van der Waals surface area contributed by atoms with E-state index in [1.54, 1.807) is 10.9 Å². The van der Waals surface area contributed by atoms with Crippen molar-refractivity contribution in [2.45, 2.75) is 26.4 Å². The van der Waals surface area contributed by atoms with Gasteiger partial charge in [-0.2, -0.15) is 0 Å². The van der Waals surface area contributed by atoms with Crippen LogP contribution < -0.4 is 11.1 Å². The van der Waals surface area contributed by atoms with E-state index in [0.29, 0.717) is 18.1 Å². The lowest BCUT2D eigenvalue weighted by Crippen LogP contribution is -2.14. The summed E-state index contributed by atoms with van der Waals surface area (Å²) in [5.41, 5.74) is 7.30. The molecule has 1 atom stereocenters. The standard InChI is InChI=1S/C16H18N6OS/c1-10(17)16-19-14(11(2)24-16)15(23)18-13-9-22(21-20-13)8-12-6-4-3-5-7-12/h3-7,9-10H,8,17H2,1-2H3,(H,18,23). The Hall–Kier alpha value is -2.58. The molecular weight excluding hydrogens is 324 g/mol. The summed E-state index contributed by atoms with van der Waals surface area (Å²) in [5.74, 6) is 0.0908. The molecule has 1 aromatic carbocycles. The molecule has 2 aromatic heterocycles. The van der Waals surface area contributed by atoms with E-state index in [4.69, 9.17) is 5.73 Å². The molecular formula is C16H18N6OS. The summed E-state index contributed by atoms with van der Waals surface area (Å²) in [7, 11) is 0. The zero-order valence-electron chi connectivity index (χ0n) is 13.4. The second-order valence-electron chi connectivity index (χ2n) is 5.49. The first kappa shape index (κ1) is 16.3. The molecule has 0 bridgehead atoms. The zero-order chi connectivity index (χ0) is 17.1. The number of anilines is 1. The van der Waals surface area contributed by atoms with Gasteiger partial charge >= 0.3 is 0 Å². The van der Waals surface area contributed by atoms with Crippen LogP contribution in [0, 0.1) is 6.92 Å². The van der Waals surface area contributed by atoms with Crippen LogP contribution in [0.3, 0.4) is 0 Å². The third-order valence-electron chi connectivity index (χ3n) is 3.39. The quantitative estimate of drug-likeness (QED) is 0.741. The number of aromatic nitrogens is 4. The summed E-state index contributed by atoms with van der Waals surface area (Å²) >= 11 is 1.43. The van der Waals surface area contributed by atoms with Crippen LogP contribution in [0.1, 0.15) is 38.9 Å². The number of nitrogens with zero attached hydrogens (tertiary/aromatic N) is 4. The minimum Gasteiger partial charge on any atom is -0.322 e. The molecule has 1 unspecified atom stereocenters. The molecule has 3 N–H and O–H groups in total. The number of carbonyl (C=O) groups excluding carboxylic acids is 1. The molecule has 0 radical (unpaired) electrons. The Labute approximate surface area is 143 Å². The molecule has 124 valence electrons. The maximum Gasteiger partial charge on any atom is 0.276 e. The maximum absolute atomic E-state index is 12.4. The van der Waals surface area contributed by atoms with Crippen molar-refractivity contribution in [3.8, 4) is 0 Å². The Morgan fingerprint density at radius 3 is 2.79 bits per heavy atom. The first-order valence-electron chi connectivity index (χ1n) is 7.51. The van der Waals surface area contributed by atoms with Gasteiger partial charge in [0.1, 0.15) is 10.7 Å². The molecule has 8 heteroatoms. The van der Waals surface area contributed by atoms with Crippen LogP contribution in [-0.2, 0) is 6.54 Å². The Morgan fingerprint density at radius 1 is 1.38 bits per heavy atom. The number of nitrogens with two attached hydrogens (primary N) is 1. The van der Waals surface area contributed by atoms with Crippen LogP contribution in [0.15, 0.2) is 36.5 Å². The number of amides is 1. The fourth-order valence-electron chi connectivity index (χ4n) is 2.20. The monoisotopic (exact) mass is 342 g/mol. The lowest BCUT2D eigenvalue weighted by molar-refractivity contribution is 0.102. The Bertz CT molecular complexity index is 839. The molecule has 0 aliphatic carbocycles. The summed E-state index contributed by atoms with van der Waals surface area (Å²) in [4.78, 5) is 17.5. The molecule has 24 heavy (non-hydrogen) atoms. The second-order valence-corrected chi connectivity index (χ2v) is 6.72. The average molecular weight is 342 g/mol. The molecule has 0 fully saturated rings. The molecule has 1 amide bonds. The third kappa shape index (κ3) is 3.66. The molecule has 0 spiro atoms. The van der Waals surface area contributed by atoms with Gasteiger partial charge < -0.3 is 11.1 Å². The van der Waals surface area contributed by atoms with E-state index in [1.807, 2.05) is 44.2 Å². The van der Waals surface area contributed by atoms with Crippen molar-refractivity contribution in [2.75, 3.05) is 5.32 Å². The van der Waals surface area contributed by atoms with Gasteiger partial charge in [0.25, 0.3) is 5.91 Å². The van der Waals surface area contributed by atoms with E-state index in [2.05, 4.69) is 20.6 Å². The van der Waals surface area contributed by atoms with E-state index < -0.39 is 0 Å². The van der Waals surface area contributed by atoms with E-state index in [0.717, 1.165) is 15.4 Å². The fraction of sp³-hybridized carbons (Fsp3) is 0.250. The number of hydrogen-bond donors (Lipinski definition) is 2. The minimum absolute atomic E-state index is 0.193. The topological polar surface area (TPSA) is 98.7 Å². The van der Waals surface area contributed by atoms with Gasteiger partial charge in [-0.25, -0.2) is 9.67 Å². The van der Waals surface area contributed by atoms with Gasteiger partial charge in [-0.1, -0.05) is 35.5 Å². The highest BCUT2D eigenvalue weighted by Crippen LogP contribution is 2.22. The van der Waals surface area contributed by atoms with Crippen molar-refractivity contribution in [1.82, 2.24) is 20.0 Å². The highest BCUT2D eigenvalue weighted by Gasteiger charge is 2.18. The van der Waals surface area contributed by atoms with Gasteiger partial charge in [0.05, 0.1) is 18.8 Å². The SMILES string of the molecule is Cc1sc(C(C)N)nc1C(=O)Nc1cn(Cc2ccccc2)nn1. The van der Waals surface area contributed by atoms with Crippen molar-refractivity contribution in [3.63, 3.8) is 0 Å². The number of benzene rings is 1. The zero-order valence-corrected chi connectivity index (χ0v) is 14.2. The number of carbonyl (C=O) groups is 1. The van der Waals surface area contributed by atoms with Gasteiger partial charge in [0.2, 0.25) is 0 Å². The summed E-state index contributed by atoms with van der Waals surface area (Å²) in [6, 6.07) is 9.72. The van der Waals surface area contributed by atoms with E-state index in [9.17, 15) is 4.79 Å². The number of nitrogens with one attached hydrogen (secondary N) is 1. The Kier molecular flexibility index (Phi) is 4.68. The van der Waals surface area contributed by atoms with E-state index in [-0.39, 0.29) is 11.9 Å². The van der Waals surface area contributed by atoms with Crippen molar-refractivity contribution in [3.05, 3.63) is 57.7 Å². The summed E-state index contributed by atoms with van der Waals surface area (Å²) < 4.78 is 1.67. The molecule has 3 aromatic rings. The predicted octanol–water partition coefficient (Wildman–Crippen LogP) is 2.36. The molecule has 7 nitrogen and oxygen atoms in total. The summed E-state index contributed by atoms with van der Waals surface area (Å²) in [6.07, 6.45) is 1.69. The first-order valence-corrected chi connectivity index (χ1v) is 8.33. The molecule has 3 rings (SSSR count). The minimum atomic E-state index is -0.303. The smallest absolute Gasteiger partial charge is 0.276 e. The van der Waals surface area contributed by atoms with Crippen molar-refractivity contribution in [2.24, 2.45) is 5.73 Å². The van der Waals surface area contributed by atoms with Gasteiger partial charge in [0, 0.05) is 4.88 Å². The Morgan fingerprint density at radius 2 is 2.12 bits per heavy atom. The largest absolute Gasteiger partial charge is 0.322 e. The maximum atomic E-state index is 12.4. The lowest BCUT2D eigenvalue weighted by Gasteiger charge is -2.00. The number of thiazole rings is 1. The molecule has 0 saturated carbocycles. The first-order chi connectivity index (χ1) is 11.5. The van der Waals surface area contributed by atoms with Crippen molar-refractivity contribution in [1.29, 1.82) is 0 Å². The summed E-state index contributed by atoms with van der Waals surface area (Å²) in [5, 5.41) is 11.5. The molecule has 0 aliphatic heterocycles. The Balaban J connectivity index is 1.69. The third-order valence-corrected chi connectivity index (χ3v) is 4.56. The number of rotatable bonds is 5.